The molecule has 1 fully saturated rings. The van der Waals surface area contributed by atoms with Crippen LogP contribution < -0.4 is 5.32 Å². The van der Waals surface area contributed by atoms with Crippen LogP contribution in [0.15, 0.2) is 18.2 Å². The first kappa shape index (κ1) is 10.8. The Kier molecular flexibility index (Phi) is 2.89. The molecule has 2 nitrogen and oxygen atoms in total. The predicted molar refractivity (Wildman–Crippen MR) is 62.2 cm³/mol. The third-order valence-corrected chi connectivity index (χ3v) is 3.44. The molecule has 1 aliphatic rings. The number of nitrogens with one attached hydrogen (secondary N) is 1. The van der Waals surface area contributed by atoms with Crippen molar-refractivity contribution in [3.63, 3.8) is 0 Å². The number of halogens is 1. The van der Waals surface area contributed by atoms with Crippen LogP contribution in [0.5, 0.6) is 5.75 Å². The Morgan fingerprint density at radius 3 is 2.80 bits per heavy atom. The number of benzene rings is 1. The lowest BCUT2D eigenvalue weighted by Crippen LogP contribution is -2.47. The van der Waals surface area contributed by atoms with Gasteiger partial charge in [-0.2, -0.15) is 0 Å². The van der Waals surface area contributed by atoms with Crippen LogP contribution >= 0.6 is 11.6 Å². The van der Waals surface area contributed by atoms with Gasteiger partial charge in [0.15, 0.2) is 0 Å². The number of hydrogen-bond donors (Lipinski definition) is 2. The molecule has 1 saturated carbocycles. The van der Waals surface area contributed by atoms with Gasteiger partial charge in [0.1, 0.15) is 5.75 Å². The maximum atomic E-state index is 9.62. The van der Waals surface area contributed by atoms with Gasteiger partial charge in [-0.3, -0.25) is 0 Å². The molecule has 0 aliphatic heterocycles. The fourth-order valence-corrected chi connectivity index (χ4v) is 2.08. The second kappa shape index (κ2) is 4.03. The fraction of sp³-hybridized carbons (Fsp3) is 0.500. The largest absolute Gasteiger partial charge is 0.508 e. The summed E-state index contributed by atoms with van der Waals surface area (Å²) in [7, 11) is 0. The molecular weight excluding hydrogens is 210 g/mol. The summed E-state index contributed by atoms with van der Waals surface area (Å²) in [6.07, 6.45) is 3.73. The van der Waals surface area contributed by atoms with E-state index >= 15 is 0 Å². The molecule has 0 radical (unpaired) electrons. The van der Waals surface area contributed by atoms with Gasteiger partial charge >= 0.3 is 0 Å². The van der Waals surface area contributed by atoms with E-state index in [1.165, 1.54) is 19.3 Å². The molecule has 3 heteroatoms. The minimum atomic E-state index is 0.259. The van der Waals surface area contributed by atoms with E-state index < -0.39 is 0 Å². The molecule has 0 aromatic heterocycles. The highest BCUT2D eigenvalue weighted by atomic mass is 35.5. The van der Waals surface area contributed by atoms with Gasteiger partial charge in [-0.1, -0.05) is 11.6 Å². The summed E-state index contributed by atoms with van der Waals surface area (Å²) >= 11 is 5.88. The zero-order chi connectivity index (χ0) is 10.9. The summed E-state index contributed by atoms with van der Waals surface area (Å²) < 4.78 is 0. The Bertz CT molecular complexity index is 361. The first-order valence-electron chi connectivity index (χ1n) is 5.31. The highest BCUT2D eigenvalue weighted by Gasteiger charge is 2.30. The van der Waals surface area contributed by atoms with Crippen molar-refractivity contribution < 1.29 is 5.11 Å². The molecule has 15 heavy (non-hydrogen) atoms. The van der Waals surface area contributed by atoms with Gasteiger partial charge in [0, 0.05) is 22.7 Å². The van der Waals surface area contributed by atoms with Crippen molar-refractivity contribution in [2.45, 2.75) is 38.3 Å². The van der Waals surface area contributed by atoms with E-state index in [9.17, 15) is 5.11 Å². The molecule has 0 saturated heterocycles. The molecular formula is C12H16ClNO. The Labute approximate surface area is 95.3 Å². The highest BCUT2D eigenvalue weighted by molar-refractivity contribution is 6.30. The predicted octanol–water partition coefficient (Wildman–Crippen LogP) is 3.08. The second-order valence-electron chi connectivity index (χ2n) is 4.54. The Balaban J connectivity index is 2.01. The number of rotatable bonds is 3. The summed E-state index contributed by atoms with van der Waals surface area (Å²) in [4.78, 5) is 0. The van der Waals surface area contributed by atoms with Crippen molar-refractivity contribution in [3.8, 4) is 5.75 Å². The minimum Gasteiger partial charge on any atom is -0.508 e. The summed E-state index contributed by atoms with van der Waals surface area (Å²) in [6, 6.07) is 5.15. The molecule has 2 rings (SSSR count). The average molecular weight is 226 g/mol. The number of hydrogen-bond acceptors (Lipinski definition) is 2. The Morgan fingerprint density at radius 1 is 1.47 bits per heavy atom. The maximum absolute atomic E-state index is 9.62. The van der Waals surface area contributed by atoms with E-state index in [4.69, 9.17) is 11.6 Å². The monoisotopic (exact) mass is 225 g/mol. The first-order chi connectivity index (χ1) is 7.09. The van der Waals surface area contributed by atoms with Crippen LogP contribution in [0.1, 0.15) is 31.7 Å². The lowest BCUT2D eigenvalue weighted by atomic mass is 9.78. The normalized spacial score (nSPS) is 18.5. The van der Waals surface area contributed by atoms with Crippen molar-refractivity contribution in [1.29, 1.82) is 0 Å². The zero-order valence-corrected chi connectivity index (χ0v) is 9.64. The molecule has 0 atom stereocenters. The quantitative estimate of drug-likeness (QED) is 0.829. The number of phenolic OH excluding ortho intramolecular Hbond substituents is 1. The van der Waals surface area contributed by atoms with Gasteiger partial charge in [0.2, 0.25) is 0 Å². The third kappa shape index (κ3) is 2.44. The van der Waals surface area contributed by atoms with Crippen LogP contribution in [0, 0.1) is 0 Å². The smallest absolute Gasteiger partial charge is 0.120 e. The van der Waals surface area contributed by atoms with Gasteiger partial charge in [0.05, 0.1) is 0 Å². The van der Waals surface area contributed by atoms with Gasteiger partial charge < -0.3 is 10.4 Å². The summed E-state index contributed by atoms with van der Waals surface area (Å²) in [5, 5.41) is 13.8. The lowest BCUT2D eigenvalue weighted by molar-refractivity contribution is 0.206. The zero-order valence-electron chi connectivity index (χ0n) is 8.89. The van der Waals surface area contributed by atoms with Gasteiger partial charge in [-0.25, -0.2) is 0 Å². The van der Waals surface area contributed by atoms with Crippen LogP contribution in [0.2, 0.25) is 5.02 Å². The van der Waals surface area contributed by atoms with Gasteiger partial charge in [0.25, 0.3) is 0 Å². The molecule has 0 bridgehead atoms. The first-order valence-corrected chi connectivity index (χ1v) is 5.69. The highest BCUT2D eigenvalue weighted by Crippen LogP contribution is 2.32. The standard InChI is InChI=1S/C12H16ClNO/c1-12(5-2-6-12)14-8-9-7-10(13)3-4-11(9)15/h3-4,7,14-15H,2,5-6,8H2,1H3. The van der Waals surface area contributed by atoms with E-state index in [1.54, 1.807) is 12.1 Å². The molecule has 1 aliphatic carbocycles. The van der Waals surface area contributed by atoms with E-state index in [-0.39, 0.29) is 5.54 Å². The van der Waals surface area contributed by atoms with Crippen LogP contribution in [-0.4, -0.2) is 10.6 Å². The second-order valence-corrected chi connectivity index (χ2v) is 4.98. The minimum absolute atomic E-state index is 0.259. The van der Waals surface area contributed by atoms with E-state index in [0.717, 1.165) is 5.56 Å². The summed E-state index contributed by atoms with van der Waals surface area (Å²) in [5.41, 5.74) is 1.13. The SMILES string of the molecule is CC1(NCc2cc(Cl)ccc2O)CCC1. The van der Waals surface area contributed by atoms with E-state index in [0.29, 0.717) is 17.3 Å². The van der Waals surface area contributed by atoms with Crippen molar-refractivity contribution in [2.24, 2.45) is 0 Å². The number of aromatic hydroxyl groups is 1. The van der Waals surface area contributed by atoms with Crippen molar-refractivity contribution in [3.05, 3.63) is 28.8 Å². The van der Waals surface area contributed by atoms with Crippen molar-refractivity contribution in [1.82, 2.24) is 5.32 Å². The van der Waals surface area contributed by atoms with Crippen LogP contribution in [-0.2, 0) is 6.54 Å². The van der Waals surface area contributed by atoms with Crippen LogP contribution in [0.4, 0.5) is 0 Å². The summed E-state index contributed by atoms with van der Waals surface area (Å²) in [5.74, 6) is 0.315. The molecule has 1 aromatic rings. The Hall–Kier alpha value is -0.730. The topological polar surface area (TPSA) is 32.3 Å². The fourth-order valence-electron chi connectivity index (χ4n) is 1.89. The molecule has 0 heterocycles. The van der Waals surface area contributed by atoms with Crippen LogP contribution in [0.25, 0.3) is 0 Å². The molecule has 1 aromatic carbocycles. The molecule has 0 unspecified atom stereocenters. The molecule has 0 spiro atoms. The van der Waals surface area contributed by atoms with Crippen molar-refractivity contribution >= 4 is 11.6 Å². The Morgan fingerprint density at radius 2 is 2.20 bits per heavy atom. The lowest BCUT2D eigenvalue weighted by Gasteiger charge is -2.39. The van der Waals surface area contributed by atoms with Crippen LogP contribution in [0.3, 0.4) is 0 Å². The third-order valence-electron chi connectivity index (χ3n) is 3.20. The molecule has 0 amide bonds. The summed E-state index contributed by atoms with van der Waals surface area (Å²) in [6.45, 7) is 2.90. The van der Waals surface area contributed by atoms with Gasteiger partial charge in [-0.15, -0.1) is 0 Å². The van der Waals surface area contributed by atoms with Crippen molar-refractivity contribution in [2.75, 3.05) is 0 Å². The van der Waals surface area contributed by atoms with E-state index in [2.05, 4.69) is 12.2 Å². The number of phenols is 1. The van der Waals surface area contributed by atoms with Gasteiger partial charge in [-0.05, 0) is 44.4 Å². The van der Waals surface area contributed by atoms with E-state index in [1.807, 2.05) is 6.07 Å². The average Bonchev–Trinajstić information content (AvgIpc) is 2.17. The molecule has 82 valence electrons. The maximum Gasteiger partial charge on any atom is 0.120 e. The molecule has 2 N–H and O–H groups in total.